The quantitative estimate of drug-likeness (QED) is 0.826. The Morgan fingerprint density at radius 1 is 1.21 bits per heavy atom. The van der Waals surface area contributed by atoms with Gasteiger partial charge in [-0.25, -0.2) is 4.39 Å². The Morgan fingerprint density at radius 3 is 2.62 bits per heavy atom. The molecule has 0 bridgehead atoms. The van der Waals surface area contributed by atoms with Gasteiger partial charge in [-0.1, -0.05) is 0 Å². The maximum Gasteiger partial charge on any atom is 0.260 e. The number of carbonyl (C=O) groups excluding carboxylic acids is 2. The Morgan fingerprint density at radius 2 is 2.00 bits per heavy atom. The van der Waals surface area contributed by atoms with Crippen LogP contribution in [-0.2, 0) is 16.6 Å². The minimum Gasteiger partial charge on any atom is -0.339 e. The molecule has 0 aromatic carbocycles. The summed E-state index contributed by atoms with van der Waals surface area (Å²) in [5.41, 5.74) is -1.43. The Labute approximate surface area is 140 Å². The molecule has 7 heteroatoms. The molecule has 1 aromatic rings. The Hall–Kier alpha value is -1.92. The number of aromatic nitrogens is 2. The van der Waals surface area contributed by atoms with Crippen LogP contribution in [0.15, 0.2) is 12.4 Å². The Balaban J connectivity index is 1.53. The van der Waals surface area contributed by atoms with E-state index in [1.54, 1.807) is 20.7 Å². The van der Waals surface area contributed by atoms with Gasteiger partial charge in [0.25, 0.3) is 5.91 Å². The molecule has 3 fully saturated rings. The highest BCUT2D eigenvalue weighted by molar-refractivity contribution is 6.00. The molecule has 3 aliphatic rings. The molecule has 2 saturated heterocycles. The minimum atomic E-state index is -1.68. The number of alkyl halides is 1. The lowest BCUT2D eigenvalue weighted by Gasteiger charge is -2.43. The maximum absolute atomic E-state index is 14.5. The summed E-state index contributed by atoms with van der Waals surface area (Å²) in [5.74, 6) is -0.352. The van der Waals surface area contributed by atoms with E-state index in [0.29, 0.717) is 38.9 Å². The van der Waals surface area contributed by atoms with E-state index in [4.69, 9.17) is 0 Å². The van der Waals surface area contributed by atoms with Gasteiger partial charge < -0.3 is 9.80 Å². The van der Waals surface area contributed by atoms with Crippen LogP contribution in [0.1, 0.15) is 38.5 Å². The number of nitrogens with zero attached hydrogens (tertiary/aromatic N) is 4. The van der Waals surface area contributed by atoms with Crippen molar-refractivity contribution in [3.05, 3.63) is 12.4 Å². The molecule has 1 aromatic heterocycles. The second kappa shape index (κ2) is 5.29. The zero-order chi connectivity index (χ0) is 16.9. The Bertz CT molecular complexity index is 684. The zero-order valence-corrected chi connectivity index (χ0v) is 14.0. The third-order valence-electron chi connectivity index (χ3n) is 5.91. The van der Waals surface area contributed by atoms with Gasteiger partial charge in [0.15, 0.2) is 5.67 Å². The van der Waals surface area contributed by atoms with Gasteiger partial charge in [-0.05, 0) is 38.5 Å². The average Bonchev–Trinajstić information content (AvgIpc) is 3.10. The number of hydrogen-bond donors (Lipinski definition) is 0. The average molecular weight is 334 g/mol. The molecule has 130 valence electrons. The molecule has 0 N–H and O–H groups in total. The van der Waals surface area contributed by atoms with Crippen molar-refractivity contribution < 1.29 is 14.0 Å². The molecule has 1 spiro atoms. The standard InChI is InChI=1S/C17H23FN4O2/c1-20-11-13(10-19-20)22-9-7-16(14(22)23)4-3-8-21(12-16)15(24)17(18)5-2-6-17/h10-11H,2-9,12H2,1H3/t16-/m0/s1. The van der Waals surface area contributed by atoms with Crippen LogP contribution in [0.4, 0.5) is 10.1 Å². The van der Waals surface area contributed by atoms with Gasteiger partial charge in [0.05, 0.1) is 17.3 Å². The van der Waals surface area contributed by atoms with Crippen LogP contribution in [-0.4, -0.2) is 51.8 Å². The second-order valence-corrected chi connectivity index (χ2v) is 7.51. The number of aryl methyl sites for hydroxylation is 1. The lowest BCUT2D eigenvalue weighted by Crippen LogP contribution is -2.56. The summed E-state index contributed by atoms with van der Waals surface area (Å²) in [7, 11) is 1.82. The predicted molar refractivity (Wildman–Crippen MR) is 86.1 cm³/mol. The summed E-state index contributed by atoms with van der Waals surface area (Å²) in [6.45, 7) is 1.55. The van der Waals surface area contributed by atoms with E-state index in [-0.39, 0.29) is 5.91 Å². The van der Waals surface area contributed by atoms with Gasteiger partial charge in [0, 0.05) is 32.9 Å². The van der Waals surface area contributed by atoms with Gasteiger partial charge in [-0.2, -0.15) is 5.10 Å². The highest BCUT2D eigenvalue weighted by Gasteiger charge is 2.53. The molecule has 0 unspecified atom stereocenters. The van der Waals surface area contributed by atoms with Crippen molar-refractivity contribution in [3.8, 4) is 0 Å². The van der Waals surface area contributed by atoms with Gasteiger partial charge in [0.1, 0.15) is 0 Å². The van der Waals surface area contributed by atoms with E-state index >= 15 is 0 Å². The number of likely N-dealkylation sites (tertiary alicyclic amines) is 1. The molecule has 2 aliphatic heterocycles. The topological polar surface area (TPSA) is 58.4 Å². The molecule has 1 atom stereocenters. The molecular weight excluding hydrogens is 311 g/mol. The van der Waals surface area contributed by atoms with Crippen LogP contribution in [0.5, 0.6) is 0 Å². The summed E-state index contributed by atoms with van der Waals surface area (Å²) >= 11 is 0. The monoisotopic (exact) mass is 334 g/mol. The number of anilines is 1. The molecule has 1 aliphatic carbocycles. The summed E-state index contributed by atoms with van der Waals surface area (Å²) < 4.78 is 16.2. The van der Waals surface area contributed by atoms with E-state index in [0.717, 1.165) is 24.9 Å². The predicted octanol–water partition coefficient (Wildman–Crippen LogP) is 1.66. The lowest BCUT2D eigenvalue weighted by atomic mass is 9.76. The summed E-state index contributed by atoms with van der Waals surface area (Å²) in [6, 6.07) is 0. The third kappa shape index (κ3) is 2.24. The van der Waals surface area contributed by atoms with E-state index in [1.807, 2.05) is 13.2 Å². The van der Waals surface area contributed by atoms with Gasteiger partial charge in [-0.3, -0.25) is 14.3 Å². The number of hydrogen-bond acceptors (Lipinski definition) is 3. The number of rotatable bonds is 2. The first-order valence-electron chi connectivity index (χ1n) is 8.73. The van der Waals surface area contributed by atoms with E-state index in [1.165, 1.54) is 0 Å². The van der Waals surface area contributed by atoms with E-state index in [9.17, 15) is 14.0 Å². The Kier molecular flexibility index (Phi) is 3.44. The van der Waals surface area contributed by atoms with Crippen LogP contribution < -0.4 is 4.90 Å². The van der Waals surface area contributed by atoms with Crippen LogP contribution >= 0.6 is 0 Å². The van der Waals surface area contributed by atoms with Crippen molar-refractivity contribution in [1.82, 2.24) is 14.7 Å². The normalized spacial score (nSPS) is 29.2. The highest BCUT2D eigenvalue weighted by atomic mass is 19.1. The van der Waals surface area contributed by atoms with Crippen molar-refractivity contribution in [1.29, 1.82) is 0 Å². The minimum absolute atomic E-state index is 0.0505. The first kappa shape index (κ1) is 15.6. The van der Waals surface area contributed by atoms with Gasteiger partial charge >= 0.3 is 0 Å². The lowest BCUT2D eigenvalue weighted by molar-refractivity contribution is -0.154. The number of piperidine rings is 1. The number of amides is 2. The molecule has 6 nitrogen and oxygen atoms in total. The van der Waals surface area contributed by atoms with Crippen molar-refractivity contribution >= 4 is 17.5 Å². The van der Waals surface area contributed by atoms with E-state index < -0.39 is 17.0 Å². The van der Waals surface area contributed by atoms with Crippen LogP contribution in [0.3, 0.4) is 0 Å². The van der Waals surface area contributed by atoms with Crippen molar-refractivity contribution in [2.24, 2.45) is 12.5 Å². The maximum atomic E-state index is 14.5. The van der Waals surface area contributed by atoms with Gasteiger partial charge in [-0.15, -0.1) is 0 Å². The molecular formula is C17H23FN4O2. The molecule has 24 heavy (non-hydrogen) atoms. The zero-order valence-electron chi connectivity index (χ0n) is 14.0. The first-order chi connectivity index (χ1) is 11.4. The van der Waals surface area contributed by atoms with Crippen LogP contribution in [0.25, 0.3) is 0 Å². The summed E-state index contributed by atoms with van der Waals surface area (Å²) in [5, 5.41) is 4.13. The van der Waals surface area contributed by atoms with Crippen molar-refractivity contribution in [3.63, 3.8) is 0 Å². The fraction of sp³-hybridized carbons (Fsp3) is 0.706. The number of carbonyl (C=O) groups is 2. The smallest absolute Gasteiger partial charge is 0.260 e. The van der Waals surface area contributed by atoms with Crippen LogP contribution in [0, 0.1) is 5.41 Å². The molecule has 0 radical (unpaired) electrons. The van der Waals surface area contributed by atoms with Crippen molar-refractivity contribution in [2.75, 3.05) is 24.5 Å². The summed E-state index contributed by atoms with van der Waals surface area (Å²) in [6.07, 6.45) is 7.18. The third-order valence-corrected chi connectivity index (χ3v) is 5.91. The fourth-order valence-electron chi connectivity index (χ4n) is 4.28. The van der Waals surface area contributed by atoms with Crippen molar-refractivity contribution in [2.45, 2.75) is 44.2 Å². The molecule has 4 rings (SSSR count). The molecule has 3 heterocycles. The number of halogens is 1. The second-order valence-electron chi connectivity index (χ2n) is 7.51. The molecule has 2 amide bonds. The molecule has 1 saturated carbocycles. The van der Waals surface area contributed by atoms with Gasteiger partial charge in [0.2, 0.25) is 5.91 Å². The van der Waals surface area contributed by atoms with E-state index in [2.05, 4.69) is 5.10 Å². The van der Waals surface area contributed by atoms with Crippen LogP contribution in [0.2, 0.25) is 0 Å². The first-order valence-corrected chi connectivity index (χ1v) is 8.73. The largest absolute Gasteiger partial charge is 0.339 e. The summed E-state index contributed by atoms with van der Waals surface area (Å²) in [4.78, 5) is 28.9. The fourth-order valence-corrected chi connectivity index (χ4v) is 4.28. The highest BCUT2D eigenvalue weighted by Crippen LogP contribution is 2.44. The SMILES string of the molecule is Cn1cc(N2CC[C@]3(CCCN(C(=O)C4(F)CCC4)C3)C2=O)cn1.